The maximum absolute atomic E-state index is 14.5. The van der Waals surface area contributed by atoms with Gasteiger partial charge in [0.1, 0.15) is 18.0 Å². The largest absolute Gasteiger partial charge is 0.508 e. The van der Waals surface area contributed by atoms with Gasteiger partial charge in [-0.3, -0.25) is 9.59 Å². The molecule has 2 atom stereocenters. The van der Waals surface area contributed by atoms with Crippen molar-refractivity contribution in [2.45, 2.75) is 31.7 Å². The highest BCUT2D eigenvalue weighted by Crippen LogP contribution is 2.34. The summed E-state index contributed by atoms with van der Waals surface area (Å²) in [5.74, 6) is -0.339. The van der Waals surface area contributed by atoms with Gasteiger partial charge in [0.2, 0.25) is 11.8 Å². The number of nitrogens with zero attached hydrogens (tertiary/aromatic N) is 6. The van der Waals surface area contributed by atoms with Crippen LogP contribution in [0.4, 0.5) is 9.93 Å². The summed E-state index contributed by atoms with van der Waals surface area (Å²) in [5, 5.41) is 17.1. The van der Waals surface area contributed by atoms with Gasteiger partial charge in [0.25, 0.3) is 0 Å². The number of ether oxygens (including phenoxy) is 1. The number of carbonyl (C=O) groups excluding carboxylic acids is 3. The van der Waals surface area contributed by atoms with Crippen molar-refractivity contribution in [1.82, 2.24) is 30.1 Å². The minimum Gasteiger partial charge on any atom is -0.508 e. The Bertz CT molecular complexity index is 1830. The lowest BCUT2D eigenvalue weighted by molar-refractivity contribution is -0.189. The number of para-hydroxylation sites is 1. The van der Waals surface area contributed by atoms with Crippen LogP contribution in [-0.2, 0) is 33.8 Å². The van der Waals surface area contributed by atoms with Crippen LogP contribution in [0.1, 0.15) is 16.7 Å². The molecule has 7 rings (SSSR count). The van der Waals surface area contributed by atoms with Crippen molar-refractivity contribution in [2.75, 3.05) is 50.8 Å². The van der Waals surface area contributed by atoms with Crippen LogP contribution in [-0.4, -0.2) is 106 Å². The van der Waals surface area contributed by atoms with E-state index < -0.39 is 12.2 Å². The Kier molecular flexibility index (Phi) is 9.47. The number of benzene rings is 3. The Morgan fingerprint density at radius 3 is 2.55 bits per heavy atom. The topological polar surface area (TPSA) is 122 Å². The Morgan fingerprint density at radius 2 is 1.80 bits per heavy atom. The van der Waals surface area contributed by atoms with Gasteiger partial charge in [-0.1, -0.05) is 72.0 Å². The van der Waals surface area contributed by atoms with Crippen molar-refractivity contribution in [2.24, 2.45) is 0 Å². The van der Waals surface area contributed by atoms with Gasteiger partial charge in [0.15, 0.2) is 5.13 Å². The first kappa shape index (κ1) is 32.6. The second-order valence-electron chi connectivity index (χ2n) is 12.4. The molecule has 0 radical (unpaired) electrons. The number of anilines is 1. The van der Waals surface area contributed by atoms with Gasteiger partial charge in [-0.05, 0) is 34.9 Å². The second-order valence-corrected chi connectivity index (χ2v) is 13.4. The maximum atomic E-state index is 14.5. The number of phenolic OH excluding ortho intramolecular Hbond substituents is 1. The summed E-state index contributed by atoms with van der Waals surface area (Å²) in [4.78, 5) is 53.0. The monoisotopic (exact) mass is 681 g/mol. The normalized spacial score (nSPS) is 20.1. The number of amides is 4. The van der Waals surface area contributed by atoms with E-state index in [2.05, 4.69) is 16.8 Å². The molecule has 13 heteroatoms. The Hall–Kier alpha value is -4.98. The fourth-order valence-electron chi connectivity index (χ4n) is 6.77. The molecule has 3 aliphatic rings. The molecule has 2 N–H and O–H groups in total. The Labute approximate surface area is 288 Å². The van der Waals surface area contributed by atoms with Crippen LogP contribution in [0.3, 0.4) is 0 Å². The van der Waals surface area contributed by atoms with Crippen molar-refractivity contribution in [3.63, 3.8) is 0 Å². The standard InChI is InChI=1S/C36H39N7O5S/c1-2-15-41-24-32(45)42-29(20-25-11-13-28(44)14-12-25)34(46)40(23-31(42)43(41)35(47)37-21-26-7-4-3-5-8-26)22-27-9-6-10-30-33(27)38-36(49-30)39-16-18-48-19-17-39/h2-14,29,31,44H,1,15-24H2,(H,37,47)/t29-,31-/m0/s1. The third-order valence-electron chi connectivity index (χ3n) is 9.16. The average Bonchev–Trinajstić information content (AvgIpc) is 3.57. The number of hydrazine groups is 1. The highest BCUT2D eigenvalue weighted by Gasteiger charge is 2.51. The SMILES string of the molecule is C=CCN1CC(=O)N2[C@@H](Cc3ccc(O)cc3)C(=O)N(Cc3cccc4sc(N5CCOCC5)nc34)C[C@@H]2N1C(=O)NCc1ccccc1. The van der Waals surface area contributed by atoms with Crippen LogP contribution in [0.2, 0.25) is 0 Å². The number of hydrogen-bond donors (Lipinski definition) is 2. The van der Waals surface area contributed by atoms with E-state index in [1.54, 1.807) is 61.5 Å². The molecule has 0 aliphatic carbocycles. The molecule has 0 unspecified atom stereocenters. The molecule has 12 nitrogen and oxygen atoms in total. The first-order valence-electron chi connectivity index (χ1n) is 16.5. The summed E-state index contributed by atoms with van der Waals surface area (Å²) in [7, 11) is 0. The van der Waals surface area contributed by atoms with Crippen LogP contribution >= 0.6 is 11.3 Å². The fraction of sp³-hybridized carbons (Fsp3) is 0.333. The number of rotatable bonds is 9. The summed E-state index contributed by atoms with van der Waals surface area (Å²) in [6.07, 6.45) is 1.12. The smallest absolute Gasteiger partial charge is 0.334 e. The summed E-state index contributed by atoms with van der Waals surface area (Å²) in [5.41, 5.74) is 3.46. The average molecular weight is 682 g/mol. The molecule has 1 aromatic heterocycles. The van der Waals surface area contributed by atoms with Gasteiger partial charge >= 0.3 is 6.03 Å². The third-order valence-corrected chi connectivity index (χ3v) is 10.2. The van der Waals surface area contributed by atoms with E-state index in [1.165, 1.54) is 0 Å². The highest BCUT2D eigenvalue weighted by molar-refractivity contribution is 7.22. The highest BCUT2D eigenvalue weighted by atomic mass is 32.1. The van der Waals surface area contributed by atoms with Crippen molar-refractivity contribution >= 4 is 44.5 Å². The molecule has 4 aromatic rings. The number of thiazole rings is 1. The third kappa shape index (κ3) is 6.82. The number of aromatic nitrogens is 1. The van der Waals surface area contributed by atoms with E-state index in [0.717, 1.165) is 45.1 Å². The molecular weight excluding hydrogens is 643 g/mol. The van der Waals surface area contributed by atoms with E-state index in [9.17, 15) is 19.5 Å². The zero-order valence-corrected chi connectivity index (χ0v) is 27.9. The van der Waals surface area contributed by atoms with E-state index in [1.807, 2.05) is 48.5 Å². The van der Waals surface area contributed by atoms with Crippen molar-refractivity contribution < 1.29 is 24.2 Å². The van der Waals surface area contributed by atoms with E-state index in [0.29, 0.717) is 19.8 Å². The number of phenols is 1. The van der Waals surface area contributed by atoms with Gasteiger partial charge in [-0.15, -0.1) is 6.58 Å². The fourth-order valence-corrected chi connectivity index (χ4v) is 7.84. The van der Waals surface area contributed by atoms with Gasteiger partial charge < -0.3 is 29.9 Å². The molecule has 3 aliphatic heterocycles. The van der Waals surface area contributed by atoms with Crippen LogP contribution < -0.4 is 10.2 Å². The molecule has 0 saturated carbocycles. The molecule has 3 aromatic carbocycles. The molecule has 0 spiro atoms. The molecule has 4 amide bonds. The second kappa shape index (κ2) is 14.2. The summed E-state index contributed by atoms with van der Waals surface area (Å²) < 4.78 is 6.56. The quantitative estimate of drug-likeness (QED) is 0.258. The number of urea groups is 1. The Morgan fingerprint density at radius 1 is 1.02 bits per heavy atom. The van der Waals surface area contributed by atoms with Gasteiger partial charge in [0, 0.05) is 39.1 Å². The lowest BCUT2D eigenvalue weighted by Gasteiger charge is -2.55. The van der Waals surface area contributed by atoms with Crippen molar-refractivity contribution in [1.29, 1.82) is 0 Å². The van der Waals surface area contributed by atoms with E-state index in [4.69, 9.17) is 9.72 Å². The zero-order chi connectivity index (χ0) is 33.9. The maximum Gasteiger partial charge on any atom is 0.334 e. The minimum atomic E-state index is -0.871. The van der Waals surface area contributed by atoms with Gasteiger partial charge in [-0.25, -0.2) is 19.8 Å². The zero-order valence-electron chi connectivity index (χ0n) is 27.1. The van der Waals surface area contributed by atoms with Crippen LogP contribution in [0.25, 0.3) is 10.2 Å². The molecule has 4 heterocycles. The van der Waals surface area contributed by atoms with E-state index in [-0.39, 0.29) is 56.2 Å². The minimum absolute atomic E-state index is 0.0803. The summed E-state index contributed by atoms with van der Waals surface area (Å²) >= 11 is 1.62. The van der Waals surface area contributed by atoms with Crippen molar-refractivity contribution in [3.05, 3.63) is 102 Å². The molecule has 3 fully saturated rings. The number of nitrogens with one attached hydrogen (secondary N) is 1. The van der Waals surface area contributed by atoms with Gasteiger partial charge in [0.05, 0.1) is 36.5 Å². The first-order chi connectivity index (χ1) is 23.9. The van der Waals surface area contributed by atoms with Crippen LogP contribution in [0.5, 0.6) is 5.75 Å². The molecule has 0 bridgehead atoms. The van der Waals surface area contributed by atoms with E-state index >= 15 is 0 Å². The Balaban J connectivity index is 1.23. The van der Waals surface area contributed by atoms with Crippen molar-refractivity contribution in [3.8, 4) is 5.75 Å². The number of aromatic hydroxyl groups is 1. The first-order valence-corrected chi connectivity index (χ1v) is 17.3. The lowest BCUT2D eigenvalue weighted by atomic mass is 9.98. The summed E-state index contributed by atoms with van der Waals surface area (Å²) in [6, 6.07) is 21.0. The predicted molar refractivity (Wildman–Crippen MR) is 187 cm³/mol. The summed E-state index contributed by atoms with van der Waals surface area (Å²) in [6.45, 7) is 7.59. The number of piperazine rings is 1. The number of carbonyl (C=O) groups is 3. The van der Waals surface area contributed by atoms with Gasteiger partial charge in [-0.2, -0.15) is 0 Å². The van der Waals surface area contributed by atoms with Crippen LogP contribution in [0.15, 0.2) is 85.5 Å². The molecule has 49 heavy (non-hydrogen) atoms. The number of hydrogen-bond acceptors (Lipinski definition) is 9. The lowest BCUT2D eigenvalue weighted by Crippen LogP contribution is -2.76. The molecule has 254 valence electrons. The number of fused-ring (bicyclic) bond motifs is 2. The molecule has 3 saturated heterocycles. The predicted octanol–water partition coefficient (Wildman–Crippen LogP) is 3.58. The number of morpholine rings is 1. The molecular formula is C36H39N7O5S. The van der Waals surface area contributed by atoms with Crippen LogP contribution in [0, 0.1) is 0 Å².